The van der Waals surface area contributed by atoms with E-state index >= 15 is 0 Å². The van der Waals surface area contributed by atoms with E-state index in [1.165, 1.54) is 19.2 Å². The average molecular weight is 180 g/mol. The highest BCUT2D eigenvalue weighted by Gasteiger charge is 2.11. The average Bonchev–Trinajstić information content (AvgIpc) is 2.17. The summed E-state index contributed by atoms with van der Waals surface area (Å²) in [5, 5.41) is 9.24. The van der Waals surface area contributed by atoms with Gasteiger partial charge in [-0.2, -0.15) is 0 Å². The lowest BCUT2D eigenvalue weighted by Crippen LogP contribution is -1.96. The molecule has 0 aliphatic rings. The zero-order chi connectivity index (χ0) is 9.84. The lowest BCUT2D eigenvalue weighted by Gasteiger charge is -2.06. The minimum atomic E-state index is -0.157. The van der Waals surface area contributed by atoms with Crippen LogP contribution in [-0.2, 0) is 0 Å². The minimum absolute atomic E-state index is 0.0274. The molecule has 1 aromatic carbocycles. The summed E-state index contributed by atoms with van der Waals surface area (Å²) in [6.07, 6.45) is 1.01. The number of phenols is 1. The van der Waals surface area contributed by atoms with Crippen molar-refractivity contribution in [3.8, 4) is 11.5 Å². The SMILES string of the molecule is COc1c(O)ccc(C=O)c1C=O. The molecule has 1 aromatic rings. The monoisotopic (exact) mass is 180 g/mol. The van der Waals surface area contributed by atoms with Crippen LogP contribution in [-0.4, -0.2) is 24.8 Å². The van der Waals surface area contributed by atoms with Gasteiger partial charge in [-0.05, 0) is 12.1 Å². The molecular formula is C9H8O4. The van der Waals surface area contributed by atoms with Crippen LogP contribution in [0.2, 0.25) is 0 Å². The molecule has 1 N–H and O–H groups in total. The third-order valence-corrected chi connectivity index (χ3v) is 1.66. The Morgan fingerprint density at radius 3 is 2.46 bits per heavy atom. The van der Waals surface area contributed by atoms with Crippen molar-refractivity contribution in [3.63, 3.8) is 0 Å². The number of hydrogen-bond donors (Lipinski definition) is 1. The zero-order valence-electron chi connectivity index (χ0n) is 6.98. The van der Waals surface area contributed by atoms with Crippen LogP contribution < -0.4 is 4.74 Å². The maximum absolute atomic E-state index is 10.6. The largest absolute Gasteiger partial charge is 0.504 e. The molecular weight excluding hydrogens is 172 g/mol. The topological polar surface area (TPSA) is 63.6 Å². The van der Waals surface area contributed by atoms with Crippen LogP contribution in [0.1, 0.15) is 20.7 Å². The Balaban J connectivity index is 3.44. The molecule has 0 aliphatic heterocycles. The predicted octanol–water partition coefficient (Wildman–Crippen LogP) is 1.03. The quantitative estimate of drug-likeness (QED) is 0.705. The van der Waals surface area contributed by atoms with Gasteiger partial charge in [0.15, 0.2) is 24.1 Å². The lowest BCUT2D eigenvalue weighted by molar-refractivity contribution is 0.109. The number of aromatic hydroxyl groups is 1. The molecule has 1 rings (SSSR count). The molecule has 0 fully saturated rings. The standard InChI is InChI=1S/C9H8O4/c1-13-9-7(5-11)6(4-10)2-3-8(9)12/h2-5,12H,1H3. The summed E-state index contributed by atoms with van der Waals surface area (Å²) < 4.78 is 4.77. The van der Waals surface area contributed by atoms with Crippen molar-refractivity contribution in [3.05, 3.63) is 23.3 Å². The van der Waals surface area contributed by atoms with Crippen molar-refractivity contribution in [2.24, 2.45) is 0 Å². The van der Waals surface area contributed by atoms with Crippen LogP contribution in [0.3, 0.4) is 0 Å². The van der Waals surface area contributed by atoms with E-state index in [-0.39, 0.29) is 22.6 Å². The van der Waals surface area contributed by atoms with Crippen molar-refractivity contribution >= 4 is 12.6 Å². The zero-order valence-corrected chi connectivity index (χ0v) is 6.98. The molecule has 13 heavy (non-hydrogen) atoms. The number of rotatable bonds is 3. The second kappa shape index (κ2) is 3.71. The van der Waals surface area contributed by atoms with Gasteiger partial charge in [-0.3, -0.25) is 9.59 Å². The van der Waals surface area contributed by atoms with E-state index in [0.29, 0.717) is 12.6 Å². The number of benzene rings is 1. The first-order chi connectivity index (χ1) is 6.24. The Hall–Kier alpha value is -1.84. The summed E-state index contributed by atoms with van der Waals surface area (Å²) >= 11 is 0. The summed E-state index contributed by atoms with van der Waals surface area (Å²) in [6, 6.07) is 2.66. The van der Waals surface area contributed by atoms with Gasteiger partial charge in [-0.25, -0.2) is 0 Å². The van der Waals surface area contributed by atoms with Gasteiger partial charge in [0.25, 0.3) is 0 Å². The normalized spacial score (nSPS) is 9.31. The van der Waals surface area contributed by atoms with Crippen molar-refractivity contribution < 1.29 is 19.4 Å². The fraction of sp³-hybridized carbons (Fsp3) is 0.111. The van der Waals surface area contributed by atoms with Crippen LogP contribution >= 0.6 is 0 Å². The van der Waals surface area contributed by atoms with Crippen molar-refractivity contribution in [1.82, 2.24) is 0 Å². The van der Waals surface area contributed by atoms with E-state index in [0.717, 1.165) is 0 Å². The van der Waals surface area contributed by atoms with Crippen LogP contribution in [0, 0.1) is 0 Å². The highest BCUT2D eigenvalue weighted by Crippen LogP contribution is 2.30. The van der Waals surface area contributed by atoms with Crippen LogP contribution in [0.25, 0.3) is 0 Å². The van der Waals surface area contributed by atoms with E-state index in [2.05, 4.69) is 0 Å². The van der Waals surface area contributed by atoms with Crippen molar-refractivity contribution in [1.29, 1.82) is 0 Å². The predicted molar refractivity (Wildman–Crippen MR) is 45.4 cm³/mol. The van der Waals surface area contributed by atoms with Gasteiger partial charge in [-0.1, -0.05) is 0 Å². The number of ether oxygens (including phenoxy) is 1. The summed E-state index contributed by atoms with van der Waals surface area (Å²) in [5.41, 5.74) is 0.266. The third kappa shape index (κ3) is 1.51. The maximum atomic E-state index is 10.6. The molecule has 0 aliphatic carbocycles. The second-order valence-corrected chi connectivity index (χ2v) is 2.36. The lowest BCUT2D eigenvalue weighted by atomic mass is 10.1. The molecule has 68 valence electrons. The highest BCUT2D eigenvalue weighted by atomic mass is 16.5. The Morgan fingerprint density at radius 1 is 1.31 bits per heavy atom. The van der Waals surface area contributed by atoms with E-state index in [4.69, 9.17) is 4.74 Å². The molecule has 0 saturated carbocycles. The highest BCUT2D eigenvalue weighted by molar-refractivity contribution is 5.94. The van der Waals surface area contributed by atoms with Crippen molar-refractivity contribution in [2.75, 3.05) is 7.11 Å². The van der Waals surface area contributed by atoms with Crippen molar-refractivity contribution in [2.45, 2.75) is 0 Å². The van der Waals surface area contributed by atoms with Gasteiger partial charge >= 0.3 is 0 Å². The van der Waals surface area contributed by atoms with E-state index in [1.807, 2.05) is 0 Å². The minimum Gasteiger partial charge on any atom is -0.504 e. The number of phenolic OH excluding ortho intramolecular Hbond substituents is 1. The Morgan fingerprint density at radius 2 is 2.00 bits per heavy atom. The molecule has 0 spiro atoms. The number of aldehydes is 2. The first-order valence-electron chi connectivity index (χ1n) is 3.55. The first-order valence-corrected chi connectivity index (χ1v) is 3.55. The van der Waals surface area contributed by atoms with Crippen LogP contribution in [0.5, 0.6) is 11.5 Å². The summed E-state index contributed by atoms with van der Waals surface area (Å²) in [4.78, 5) is 21.0. The molecule has 0 bridgehead atoms. The Kier molecular flexibility index (Phi) is 2.64. The fourth-order valence-electron chi connectivity index (χ4n) is 1.04. The van der Waals surface area contributed by atoms with Crippen LogP contribution in [0.15, 0.2) is 12.1 Å². The molecule has 0 aromatic heterocycles. The Bertz CT molecular complexity index is 344. The maximum Gasteiger partial charge on any atom is 0.171 e. The number of carbonyl (C=O) groups is 2. The Labute approximate surface area is 74.8 Å². The van der Waals surface area contributed by atoms with Gasteiger partial charge in [0.1, 0.15) is 0 Å². The number of hydrogen-bond acceptors (Lipinski definition) is 4. The molecule has 4 heteroatoms. The molecule has 0 amide bonds. The van der Waals surface area contributed by atoms with Crippen LogP contribution in [0.4, 0.5) is 0 Å². The molecule has 0 unspecified atom stereocenters. The molecule has 0 saturated heterocycles. The van der Waals surface area contributed by atoms with Gasteiger partial charge in [0, 0.05) is 5.56 Å². The van der Waals surface area contributed by atoms with E-state index in [1.54, 1.807) is 0 Å². The smallest absolute Gasteiger partial charge is 0.171 e. The third-order valence-electron chi connectivity index (χ3n) is 1.66. The van der Waals surface area contributed by atoms with Gasteiger partial charge in [-0.15, -0.1) is 0 Å². The van der Waals surface area contributed by atoms with Gasteiger partial charge in [0.05, 0.1) is 12.7 Å². The molecule has 4 nitrogen and oxygen atoms in total. The molecule has 0 heterocycles. The van der Waals surface area contributed by atoms with E-state index < -0.39 is 0 Å². The second-order valence-electron chi connectivity index (χ2n) is 2.36. The summed E-state index contributed by atoms with van der Waals surface area (Å²) in [7, 11) is 1.32. The summed E-state index contributed by atoms with van der Waals surface area (Å²) in [5.74, 6) is -0.130. The first kappa shape index (κ1) is 9.25. The van der Waals surface area contributed by atoms with Gasteiger partial charge in [0.2, 0.25) is 0 Å². The van der Waals surface area contributed by atoms with E-state index in [9.17, 15) is 14.7 Å². The summed E-state index contributed by atoms with van der Waals surface area (Å²) in [6.45, 7) is 0. The molecule has 0 radical (unpaired) electrons. The molecule has 0 atom stereocenters. The number of carbonyl (C=O) groups excluding carboxylic acids is 2. The van der Waals surface area contributed by atoms with Gasteiger partial charge < -0.3 is 9.84 Å². The fourth-order valence-corrected chi connectivity index (χ4v) is 1.04. The number of methoxy groups -OCH3 is 1.